The van der Waals surface area contributed by atoms with E-state index in [-0.39, 0.29) is 5.91 Å². The van der Waals surface area contributed by atoms with Crippen molar-refractivity contribution in [2.45, 2.75) is 58.9 Å². The number of nitrogens with zero attached hydrogens (tertiary/aromatic N) is 1. The first-order chi connectivity index (χ1) is 12.1. The van der Waals surface area contributed by atoms with Crippen LogP contribution in [0.25, 0.3) is 10.9 Å². The van der Waals surface area contributed by atoms with Crippen LogP contribution in [0.5, 0.6) is 0 Å². The number of carbonyl (C=O) groups is 1. The van der Waals surface area contributed by atoms with E-state index in [0.717, 1.165) is 30.0 Å². The minimum absolute atomic E-state index is 0.113. The van der Waals surface area contributed by atoms with Crippen LogP contribution in [0, 0.1) is 23.7 Å². The Kier molecular flexibility index (Phi) is 3.17. The van der Waals surface area contributed by atoms with Gasteiger partial charge in [0.1, 0.15) is 0 Å². The van der Waals surface area contributed by atoms with Gasteiger partial charge in [0.25, 0.3) is 5.91 Å². The van der Waals surface area contributed by atoms with E-state index in [1.54, 1.807) is 0 Å². The van der Waals surface area contributed by atoms with Crippen molar-refractivity contribution in [3.8, 4) is 0 Å². The van der Waals surface area contributed by atoms with Gasteiger partial charge in [0.05, 0.1) is 5.56 Å². The van der Waals surface area contributed by atoms with Gasteiger partial charge in [-0.25, -0.2) is 0 Å². The van der Waals surface area contributed by atoms with Crippen LogP contribution in [-0.4, -0.2) is 17.0 Å². The zero-order chi connectivity index (χ0) is 17.2. The van der Waals surface area contributed by atoms with E-state index in [1.165, 1.54) is 49.6 Å². The van der Waals surface area contributed by atoms with Gasteiger partial charge in [-0.15, -0.1) is 0 Å². The molecule has 3 fully saturated rings. The average Bonchev–Trinajstić information content (AvgIpc) is 2.91. The molecule has 1 N–H and O–H groups in total. The van der Waals surface area contributed by atoms with Crippen LogP contribution in [-0.2, 0) is 6.54 Å². The summed E-state index contributed by atoms with van der Waals surface area (Å²) in [4.78, 5) is 13.0. The van der Waals surface area contributed by atoms with E-state index >= 15 is 0 Å². The summed E-state index contributed by atoms with van der Waals surface area (Å²) in [7, 11) is 0. The highest BCUT2D eigenvalue weighted by Gasteiger charge is 2.71. The van der Waals surface area contributed by atoms with Crippen molar-refractivity contribution in [2.75, 3.05) is 6.54 Å². The lowest BCUT2D eigenvalue weighted by molar-refractivity contribution is 0.0909. The number of hydrogen-bond donors (Lipinski definition) is 1. The Morgan fingerprint density at radius 2 is 2.20 bits per heavy atom. The summed E-state index contributed by atoms with van der Waals surface area (Å²) in [6.45, 7) is 6.02. The lowest BCUT2D eigenvalue weighted by Crippen LogP contribution is -2.39. The molecule has 3 saturated carbocycles. The van der Waals surface area contributed by atoms with Gasteiger partial charge >= 0.3 is 0 Å². The van der Waals surface area contributed by atoms with Gasteiger partial charge in [0.2, 0.25) is 0 Å². The van der Waals surface area contributed by atoms with Crippen LogP contribution in [0.15, 0.2) is 24.4 Å². The number of amides is 1. The fourth-order valence-corrected chi connectivity index (χ4v) is 6.34. The molecule has 1 aromatic heterocycles. The van der Waals surface area contributed by atoms with Crippen molar-refractivity contribution >= 4 is 16.8 Å². The molecule has 3 atom stereocenters. The third-order valence-electron chi connectivity index (χ3n) is 7.75. The molecule has 1 spiro atoms. The third-order valence-corrected chi connectivity index (χ3v) is 7.75. The second-order valence-corrected chi connectivity index (χ2v) is 8.76. The lowest BCUT2D eigenvalue weighted by Gasteiger charge is -2.33. The molecule has 1 heterocycles. The first-order valence-corrected chi connectivity index (χ1v) is 9.96. The van der Waals surface area contributed by atoms with Crippen molar-refractivity contribution in [3.05, 3.63) is 35.5 Å². The summed E-state index contributed by atoms with van der Waals surface area (Å²) in [5.41, 5.74) is 4.27. The predicted molar refractivity (Wildman–Crippen MR) is 101 cm³/mol. The summed E-state index contributed by atoms with van der Waals surface area (Å²) >= 11 is 0. The molecule has 1 amide bonds. The normalized spacial score (nSPS) is 32.6. The van der Waals surface area contributed by atoms with Gasteiger partial charge in [0.15, 0.2) is 0 Å². The largest absolute Gasteiger partial charge is 0.351 e. The molecule has 3 nitrogen and oxygen atoms in total. The van der Waals surface area contributed by atoms with Crippen molar-refractivity contribution in [1.82, 2.24) is 9.88 Å². The Labute approximate surface area is 149 Å². The molecule has 25 heavy (non-hydrogen) atoms. The molecule has 3 unspecified atom stereocenters. The second-order valence-electron chi connectivity index (χ2n) is 8.76. The van der Waals surface area contributed by atoms with Gasteiger partial charge in [-0.3, -0.25) is 4.79 Å². The second kappa shape index (κ2) is 5.12. The molecule has 3 heteroatoms. The van der Waals surface area contributed by atoms with Gasteiger partial charge in [-0.2, -0.15) is 0 Å². The fraction of sp³-hybridized carbons (Fsp3) is 0.591. The Morgan fingerprint density at radius 1 is 1.32 bits per heavy atom. The topological polar surface area (TPSA) is 34.0 Å². The number of benzene rings is 1. The molecular weight excluding hydrogens is 308 g/mol. The molecule has 2 aromatic rings. The van der Waals surface area contributed by atoms with Crippen LogP contribution in [0.3, 0.4) is 0 Å². The predicted octanol–water partition coefficient (Wildman–Crippen LogP) is 4.67. The molecular formula is C22H28N2O. The summed E-state index contributed by atoms with van der Waals surface area (Å²) in [5.74, 6) is 1.08. The first-order valence-electron chi connectivity index (χ1n) is 9.96. The van der Waals surface area contributed by atoms with Crippen LogP contribution in [0.1, 0.15) is 61.4 Å². The van der Waals surface area contributed by atoms with E-state index in [2.05, 4.69) is 41.9 Å². The molecule has 0 bridgehead atoms. The molecule has 3 aliphatic carbocycles. The summed E-state index contributed by atoms with van der Waals surface area (Å²) in [6, 6.07) is 6.40. The fourth-order valence-electron chi connectivity index (χ4n) is 6.34. The third kappa shape index (κ3) is 2.01. The Morgan fingerprint density at radius 3 is 3.00 bits per heavy atom. The highest BCUT2D eigenvalue weighted by Crippen LogP contribution is 2.78. The number of aryl methyl sites for hydroxylation is 2. The Hall–Kier alpha value is -1.77. The van der Waals surface area contributed by atoms with E-state index in [4.69, 9.17) is 0 Å². The van der Waals surface area contributed by atoms with E-state index < -0.39 is 0 Å². The minimum Gasteiger partial charge on any atom is -0.351 e. The average molecular weight is 336 g/mol. The zero-order valence-corrected chi connectivity index (χ0v) is 15.4. The summed E-state index contributed by atoms with van der Waals surface area (Å²) in [5, 5.41) is 4.43. The Bertz CT molecular complexity index is 862. The SMILES string of the molecule is CCn1cc(C(=O)NCC23CCCC24CC4CC3)c2ccc(C)cc21. The van der Waals surface area contributed by atoms with Gasteiger partial charge in [-0.05, 0) is 74.3 Å². The molecule has 1 aromatic carbocycles. The van der Waals surface area contributed by atoms with Crippen molar-refractivity contribution in [2.24, 2.45) is 16.7 Å². The smallest absolute Gasteiger partial charge is 0.253 e. The standard InChI is InChI=1S/C22H28N2O/c1-3-24-13-18(17-6-5-15(2)11-19(17)24)20(25)23-14-21-8-4-9-22(21)12-16(22)7-10-21/h5-6,11,13,16H,3-4,7-10,12,14H2,1-2H3,(H,23,25). The number of fused-ring (bicyclic) bond motifs is 1. The summed E-state index contributed by atoms with van der Waals surface area (Å²) in [6.07, 6.45) is 10.3. The number of rotatable bonds is 4. The first kappa shape index (κ1) is 15.5. The zero-order valence-electron chi connectivity index (χ0n) is 15.4. The molecule has 0 radical (unpaired) electrons. The van der Waals surface area contributed by atoms with Gasteiger partial charge in [0, 0.05) is 30.2 Å². The van der Waals surface area contributed by atoms with Crippen molar-refractivity contribution in [1.29, 1.82) is 0 Å². The highest BCUT2D eigenvalue weighted by atomic mass is 16.1. The maximum atomic E-state index is 13.0. The summed E-state index contributed by atoms with van der Waals surface area (Å²) < 4.78 is 2.19. The van der Waals surface area contributed by atoms with Crippen LogP contribution in [0.2, 0.25) is 0 Å². The van der Waals surface area contributed by atoms with Crippen molar-refractivity contribution in [3.63, 3.8) is 0 Å². The van der Waals surface area contributed by atoms with Crippen LogP contribution < -0.4 is 5.32 Å². The lowest BCUT2D eigenvalue weighted by atomic mass is 9.75. The number of aromatic nitrogens is 1. The van der Waals surface area contributed by atoms with Crippen LogP contribution in [0.4, 0.5) is 0 Å². The molecule has 3 aliphatic rings. The minimum atomic E-state index is 0.113. The number of nitrogens with one attached hydrogen (secondary N) is 1. The number of hydrogen-bond acceptors (Lipinski definition) is 1. The van der Waals surface area contributed by atoms with E-state index in [0.29, 0.717) is 10.8 Å². The van der Waals surface area contributed by atoms with E-state index in [1.807, 2.05) is 6.20 Å². The van der Waals surface area contributed by atoms with Crippen molar-refractivity contribution < 1.29 is 4.79 Å². The monoisotopic (exact) mass is 336 g/mol. The van der Waals surface area contributed by atoms with Crippen LogP contribution >= 0.6 is 0 Å². The molecule has 5 rings (SSSR count). The van der Waals surface area contributed by atoms with E-state index in [9.17, 15) is 4.79 Å². The highest BCUT2D eigenvalue weighted by molar-refractivity contribution is 6.07. The van der Waals surface area contributed by atoms with Gasteiger partial charge < -0.3 is 9.88 Å². The maximum absolute atomic E-state index is 13.0. The molecule has 132 valence electrons. The maximum Gasteiger partial charge on any atom is 0.253 e. The molecule has 0 saturated heterocycles. The Balaban J connectivity index is 1.41. The number of carbonyl (C=O) groups excluding carboxylic acids is 1. The molecule has 0 aliphatic heterocycles. The van der Waals surface area contributed by atoms with Gasteiger partial charge in [-0.1, -0.05) is 18.6 Å². The quantitative estimate of drug-likeness (QED) is 0.865.